The Balaban J connectivity index is 1.46. The third-order valence-corrected chi connectivity index (χ3v) is 5.48. The van der Waals surface area contributed by atoms with E-state index in [2.05, 4.69) is 41.8 Å². The lowest BCUT2D eigenvalue weighted by Gasteiger charge is -2.28. The van der Waals surface area contributed by atoms with Crippen LogP contribution in [-0.4, -0.2) is 44.0 Å². The van der Waals surface area contributed by atoms with Crippen LogP contribution in [-0.2, 0) is 17.6 Å². The number of carbonyl (C=O) groups excluding carboxylic acids is 1. The highest BCUT2D eigenvalue weighted by molar-refractivity contribution is 5.74. The highest BCUT2D eigenvalue weighted by Gasteiger charge is 2.35. The molecule has 1 aromatic rings. The van der Waals surface area contributed by atoms with E-state index < -0.39 is 0 Å². The van der Waals surface area contributed by atoms with Gasteiger partial charge < -0.3 is 20.5 Å². The molecule has 0 bridgehead atoms. The van der Waals surface area contributed by atoms with Gasteiger partial charge in [0.25, 0.3) is 0 Å². The first-order valence-electron chi connectivity index (χ1n) is 8.81. The predicted octanol–water partition coefficient (Wildman–Crippen LogP) is 1.88. The van der Waals surface area contributed by atoms with E-state index in [9.17, 15) is 9.90 Å². The SMILES string of the molecule is CC1(CNC(=O)NCC2(CCO)CCOC2)Cc2ccccc2C1. The lowest BCUT2D eigenvalue weighted by molar-refractivity contribution is 0.125. The summed E-state index contributed by atoms with van der Waals surface area (Å²) in [6.45, 7) is 4.89. The molecule has 1 unspecified atom stereocenters. The molecular formula is C19H28N2O3. The zero-order chi connectivity index (χ0) is 17.0. The van der Waals surface area contributed by atoms with Crippen LogP contribution in [0.1, 0.15) is 30.9 Å². The molecule has 1 aliphatic carbocycles. The van der Waals surface area contributed by atoms with Crippen molar-refractivity contribution in [2.45, 2.75) is 32.6 Å². The standard InChI is InChI=1S/C19H28N2O3/c1-18(10-15-4-2-3-5-16(15)11-18)12-20-17(23)21-13-19(6-8-22)7-9-24-14-19/h2-5,22H,6-14H2,1H3,(H2,20,21,23). The van der Waals surface area contributed by atoms with E-state index in [1.165, 1.54) is 11.1 Å². The van der Waals surface area contributed by atoms with Crippen molar-refractivity contribution < 1.29 is 14.6 Å². The van der Waals surface area contributed by atoms with Crippen molar-refractivity contribution in [3.05, 3.63) is 35.4 Å². The second-order valence-electron chi connectivity index (χ2n) is 7.75. The summed E-state index contributed by atoms with van der Waals surface area (Å²) in [4.78, 5) is 12.2. The third kappa shape index (κ3) is 3.90. The molecule has 1 fully saturated rings. The van der Waals surface area contributed by atoms with Crippen molar-refractivity contribution in [2.75, 3.05) is 32.9 Å². The maximum atomic E-state index is 12.2. The summed E-state index contributed by atoms with van der Waals surface area (Å²) in [7, 11) is 0. The molecule has 0 spiro atoms. The molecule has 2 amide bonds. The van der Waals surface area contributed by atoms with Gasteiger partial charge in [0.15, 0.2) is 0 Å². The highest BCUT2D eigenvalue weighted by Crippen LogP contribution is 2.36. The highest BCUT2D eigenvalue weighted by atomic mass is 16.5. The average Bonchev–Trinajstić information content (AvgIpc) is 3.16. The number of hydrogen-bond donors (Lipinski definition) is 3. The first kappa shape index (κ1) is 17.2. The third-order valence-electron chi connectivity index (χ3n) is 5.48. The topological polar surface area (TPSA) is 70.6 Å². The van der Waals surface area contributed by atoms with Crippen molar-refractivity contribution in [2.24, 2.45) is 10.8 Å². The van der Waals surface area contributed by atoms with Crippen LogP contribution in [0.15, 0.2) is 24.3 Å². The van der Waals surface area contributed by atoms with Gasteiger partial charge in [0, 0.05) is 31.7 Å². The molecule has 1 atom stereocenters. The van der Waals surface area contributed by atoms with Gasteiger partial charge in [0.05, 0.1) is 6.61 Å². The van der Waals surface area contributed by atoms with E-state index in [1.54, 1.807) is 0 Å². The zero-order valence-corrected chi connectivity index (χ0v) is 14.4. The maximum absolute atomic E-state index is 12.2. The zero-order valence-electron chi connectivity index (χ0n) is 14.4. The number of urea groups is 1. The molecule has 1 aromatic carbocycles. The summed E-state index contributed by atoms with van der Waals surface area (Å²) >= 11 is 0. The summed E-state index contributed by atoms with van der Waals surface area (Å²) in [6, 6.07) is 8.39. The van der Waals surface area contributed by atoms with Gasteiger partial charge in [0.2, 0.25) is 0 Å². The van der Waals surface area contributed by atoms with Crippen LogP contribution < -0.4 is 10.6 Å². The number of fused-ring (bicyclic) bond motifs is 1. The van der Waals surface area contributed by atoms with Crippen LogP contribution in [0.2, 0.25) is 0 Å². The lowest BCUT2D eigenvalue weighted by atomic mass is 9.84. The predicted molar refractivity (Wildman–Crippen MR) is 92.9 cm³/mol. The van der Waals surface area contributed by atoms with E-state index in [4.69, 9.17) is 4.74 Å². The number of aliphatic hydroxyl groups excluding tert-OH is 1. The van der Waals surface area contributed by atoms with Crippen molar-refractivity contribution in [1.29, 1.82) is 0 Å². The molecule has 3 N–H and O–H groups in total. The molecule has 0 aromatic heterocycles. The lowest BCUT2D eigenvalue weighted by Crippen LogP contribution is -2.46. The monoisotopic (exact) mass is 332 g/mol. The Hall–Kier alpha value is -1.59. The second kappa shape index (κ2) is 7.11. The number of amides is 2. The van der Waals surface area contributed by atoms with E-state index >= 15 is 0 Å². The van der Waals surface area contributed by atoms with Gasteiger partial charge in [-0.25, -0.2) is 4.79 Å². The Morgan fingerprint density at radius 2 is 1.88 bits per heavy atom. The molecular weight excluding hydrogens is 304 g/mol. The minimum atomic E-state index is -0.128. The van der Waals surface area contributed by atoms with Gasteiger partial charge in [-0.05, 0) is 42.2 Å². The number of aliphatic hydroxyl groups is 1. The van der Waals surface area contributed by atoms with Crippen molar-refractivity contribution in [3.63, 3.8) is 0 Å². The largest absolute Gasteiger partial charge is 0.396 e. The molecule has 24 heavy (non-hydrogen) atoms. The first-order valence-corrected chi connectivity index (χ1v) is 8.81. The molecule has 0 radical (unpaired) electrons. The number of nitrogens with one attached hydrogen (secondary N) is 2. The van der Waals surface area contributed by atoms with E-state index in [-0.39, 0.29) is 23.5 Å². The number of hydrogen-bond acceptors (Lipinski definition) is 3. The first-order chi connectivity index (χ1) is 11.5. The van der Waals surface area contributed by atoms with Gasteiger partial charge in [-0.1, -0.05) is 31.2 Å². The number of benzene rings is 1. The Kier molecular flexibility index (Phi) is 5.11. The van der Waals surface area contributed by atoms with Crippen LogP contribution >= 0.6 is 0 Å². The number of carbonyl (C=O) groups is 1. The second-order valence-corrected chi connectivity index (χ2v) is 7.75. The fourth-order valence-corrected chi connectivity index (χ4v) is 3.95. The number of rotatable bonds is 6. The van der Waals surface area contributed by atoms with Crippen LogP contribution in [0.25, 0.3) is 0 Å². The quantitative estimate of drug-likeness (QED) is 0.745. The van der Waals surface area contributed by atoms with Gasteiger partial charge in [-0.15, -0.1) is 0 Å². The average molecular weight is 332 g/mol. The van der Waals surface area contributed by atoms with E-state index in [0.717, 1.165) is 19.3 Å². The van der Waals surface area contributed by atoms with Gasteiger partial charge in [-0.3, -0.25) is 0 Å². The molecule has 5 heteroatoms. The molecule has 0 saturated carbocycles. The van der Waals surface area contributed by atoms with Gasteiger partial charge in [0.1, 0.15) is 0 Å². The molecule has 132 valence electrons. The van der Waals surface area contributed by atoms with Gasteiger partial charge in [-0.2, -0.15) is 0 Å². The summed E-state index contributed by atoms with van der Waals surface area (Å²) < 4.78 is 5.46. The summed E-state index contributed by atoms with van der Waals surface area (Å²) in [5.41, 5.74) is 2.76. The normalized spacial score (nSPS) is 24.6. The molecule has 1 aliphatic heterocycles. The Morgan fingerprint density at radius 3 is 2.46 bits per heavy atom. The summed E-state index contributed by atoms with van der Waals surface area (Å²) in [5.74, 6) is 0. The Bertz CT molecular complexity index is 557. The van der Waals surface area contributed by atoms with Crippen molar-refractivity contribution >= 4 is 6.03 Å². The molecule has 1 heterocycles. The molecule has 1 saturated heterocycles. The Morgan fingerprint density at radius 1 is 1.21 bits per heavy atom. The summed E-state index contributed by atoms with van der Waals surface area (Å²) in [5, 5.41) is 15.2. The minimum Gasteiger partial charge on any atom is -0.396 e. The Labute approximate surface area is 143 Å². The van der Waals surface area contributed by atoms with Crippen LogP contribution in [0, 0.1) is 10.8 Å². The van der Waals surface area contributed by atoms with Crippen LogP contribution in [0.4, 0.5) is 4.79 Å². The molecule has 3 rings (SSSR count). The van der Waals surface area contributed by atoms with Crippen LogP contribution in [0.5, 0.6) is 0 Å². The smallest absolute Gasteiger partial charge is 0.314 e. The maximum Gasteiger partial charge on any atom is 0.314 e. The van der Waals surface area contributed by atoms with Crippen molar-refractivity contribution in [1.82, 2.24) is 10.6 Å². The van der Waals surface area contributed by atoms with E-state index in [1.807, 2.05) is 0 Å². The van der Waals surface area contributed by atoms with Crippen LogP contribution in [0.3, 0.4) is 0 Å². The van der Waals surface area contributed by atoms with E-state index in [0.29, 0.717) is 32.7 Å². The number of ether oxygens (including phenoxy) is 1. The fourth-order valence-electron chi connectivity index (χ4n) is 3.95. The van der Waals surface area contributed by atoms with Crippen molar-refractivity contribution in [3.8, 4) is 0 Å². The summed E-state index contributed by atoms with van der Waals surface area (Å²) in [6.07, 6.45) is 3.57. The molecule has 5 nitrogen and oxygen atoms in total. The minimum absolute atomic E-state index is 0.0836. The molecule has 2 aliphatic rings. The fraction of sp³-hybridized carbons (Fsp3) is 0.632. The van der Waals surface area contributed by atoms with Gasteiger partial charge >= 0.3 is 6.03 Å².